The number of aromatic hydroxyl groups is 1. The van der Waals surface area contributed by atoms with Crippen LogP contribution in [0.25, 0.3) is 0 Å². The van der Waals surface area contributed by atoms with E-state index in [1.807, 2.05) is 18.7 Å². The van der Waals surface area contributed by atoms with E-state index >= 15 is 0 Å². The van der Waals surface area contributed by atoms with E-state index in [2.05, 4.69) is 0 Å². The Kier molecular flexibility index (Phi) is 5.06. The molecule has 1 aromatic rings. The number of piperidine rings is 1. The van der Waals surface area contributed by atoms with Crippen molar-refractivity contribution in [1.82, 2.24) is 4.90 Å². The van der Waals surface area contributed by atoms with Crippen LogP contribution in [0.15, 0.2) is 24.3 Å². The van der Waals surface area contributed by atoms with Crippen molar-refractivity contribution in [3.8, 4) is 5.75 Å². The van der Waals surface area contributed by atoms with Crippen LogP contribution in [0, 0.1) is 0 Å². The van der Waals surface area contributed by atoms with Crippen molar-refractivity contribution in [2.24, 2.45) is 0 Å². The summed E-state index contributed by atoms with van der Waals surface area (Å²) in [6.07, 6.45) is 2.27. The highest BCUT2D eigenvalue weighted by Gasteiger charge is 2.33. The molecule has 1 amide bonds. The summed E-state index contributed by atoms with van der Waals surface area (Å²) in [6, 6.07) is 6.12. The largest absolute Gasteiger partial charge is 0.508 e. The SMILES string of the molecule is C[C@@H]1CCC[C@@H](C)N1C(=O)[C@@H](C)OC(=O)c1ccc(O)cc1. The normalized spacial score (nSPS) is 23.0. The van der Waals surface area contributed by atoms with Gasteiger partial charge in [0.15, 0.2) is 6.10 Å². The monoisotopic (exact) mass is 305 g/mol. The third-order valence-corrected chi connectivity index (χ3v) is 4.18. The van der Waals surface area contributed by atoms with E-state index in [1.54, 1.807) is 6.92 Å². The van der Waals surface area contributed by atoms with Crippen molar-refractivity contribution in [2.75, 3.05) is 0 Å². The highest BCUT2D eigenvalue weighted by atomic mass is 16.5. The number of nitrogens with zero attached hydrogens (tertiary/aromatic N) is 1. The number of hydrogen-bond acceptors (Lipinski definition) is 4. The minimum atomic E-state index is -0.815. The fourth-order valence-corrected chi connectivity index (χ4v) is 2.94. The minimum Gasteiger partial charge on any atom is -0.508 e. The lowest BCUT2D eigenvalue weighted by Gasteiger charge is -2.40. The average Bonchev–Trinajstić information content (AvgIpc) is 2.47. The van der Waals surface area contributed by atoms with Crippen LogP contribution >= 0.6 is 0 Å². The molecule has 0 saturated carbocycles. The van der Waals surface area contributed by atoms with Crippen molar-refractivity contribution in [3.05, 3.63) is 29.8 Å². The number of carbonyl (C=O) groups excluding carboxylic acids is 2. The molecular weight excluding hydrogens is 282 g/mol. The summed E-state index contributed by atoms with van der Waals surface area (Å²) in [6.45, 7) is 5.67. The first-order valence-electron chi connectivity index (χ1n) is 7.72. The Morgan fingerprint density at radius 3 is 2.27 bits per heavy atom. The first-order valence-corrected chi connectivity index (χ1v) is 7.72. The van der Waals surface area contributed by atoms with E-state index < -0.39 is 12.1 Å². The van der Waals surface area contributed by atoms with E-state index in [0.29, 0.717) is 5.56 Å². The summed E-state index contributed by atoms with van der Waals surface area (Å²) in [4.78, 5) is 26.4. The number of ether oxygens (including phenoxy) is 1. The van der Waals surface area contributed by atoms with Gasteiger partial charge >= 0.3 is 5.97 Å². The van der Waals surface area contributed by atoms with Crippen LogP contribution in [0.3, 0.4) is 0 Å². The highest BCUT2D eigenvalue weighted by molar-refractivity contribution is 5.92. The maximum Gasteiger partial charge on any atom is 0.338 e. The second-order valence-electron chi connectivity index (χ2n) is 5.97. The Bertz CT molecular complexity index is 530. The highest BCUT2D eigenvalue weighted by Crippen LogP contribution is 2.24. The Balaban J connectivity index is 2.01. The number of rotatable bonds is 3. The fraction of sp³-hybridized carbons (Fsp3) is 0.529. The standard InChI is InChI=1S/C17H23NO4/c1-11-5-4-6-12(2)18(11)16(20)13(3)22-17(21)14-7-9-15(19)10-8-14/h7-13,19H,4-6H2,1-3H3/t11-,12-,13-/m1/s1. The zero-order valence-electron chi connectivity index (χ0n) is 13.3. The van der Waals surface area contributed by atoms with Crippen molar-refractivity contribution in [3.63, 3.8) is 0 Å². The van der Waals surface area contributed by atoms with Crippen LogP contribution < -0.4 is 0 Å². The molecule has 1 heterocycles. The molecule has 0 spiro atoms. The molecule has 1 aliphatic heterocycles. The molecule has 22 heavy (non-hydrogen) atoms. The molecule has 0 bridgehead atoms. The van der Waals surface area contributed by atoms with Gasteiger partial charge in [0, 0.05) is 12.1 Å². The Morgan fingerprint density at radius 1 is 1.18 bits per heavy atom. The lowest BCUT2D eigenvalue weighted by molar-refractivity contribution is -0.146. The molecule has 1 fully saturated rings. The van der Waals surface area contributed by atoms with Gasteiger partial charge < -0.3 is 14.7 Å². The number of esters is 1. The zero-order valence-corrected chi connectivity index (χ0v) is 13.3. The summed E-state index contributed by atoms with van der Waals surface area (Å²) in [5.74, 6) is -0.623. The Morgan fingerprint density at radius 2 is 1.73 bits per heavy atom. The van der Waals surface area contributed by atoms with Gasteiger partial charge in [0.25, 0.3) is 5.91 Å². The molecular formula is C17H23NO4. The predicted octanol–water partition coefficient (Wildman–Crippen LogP) is 2.73. The summed E-state index contributed by atoms with van der Waals surface area (Å²) in [7, 11) is 0. The predicted molar refractivity (Wildman–Crippen MR) is 82.6 cm³/mol. The zero-order chi connectivity index (χ0) is 16.3. The summed E-state index contributed by atoms with van der Waals surface area (Å²) >= 11 is 0. The number of carbonyl (C=O) groups is 2. The second-order valence-corrected chi connectivity index (χ2v) is 5.97. The molecule has 0 aliphatic carbocycles. The Hall–Kier alpha value is -2.04. The smallest absolute Gasteiger partial charge is 0.338 e. The molecule has 1 saturated heterocycles. The first-order chi connectivity index (χ1) is 10.4. The topological polar surface area (TPSA) is 66.8 Å². The van der Waals surface area contributed by atoms with Crippen molar-refractivity contribution in [1.29, 1.82) is 0 Å². The Labute approximate surface area is 130 Å². The lowest BCUT2D eigenvalue weighted by atomic mass is 9.97. The van der Waals surface area contributed by atoms with Crippen LogP contribution in [0.2, 0.25) is 0 Å². The molecule has 0 unspecified atom stereocenters. The quantitative estimate of drug-likeness (QED) is 0.872. The van der Waals surface area contributed by atoms with Gasteiger partial charge in [-0.3, -0.25) is 4.79 Å². The summed E-state index contributed by atoms with van der Waals surface area (Å²) < 4.78 is 5.28. The third-order valence-electron chi connectivity index (χ3n) is 4.18. The van der Waals surface area contributed by atoms with Crippen LogP contribution in [0.4, 0.5) is 0 Å². The van der Waals surface area contributed by atoms with Crippen LogP contribution in [-0.4, -0.2) is 40.1 Å². The van der Waals surface area contributed by atoms with Gasteiger partial charge in [-0.2, -0.15) is 0 Å². The van der Waals surface area contributed by atoms with Crippen LogP contribution in [-0.2, 0) is 9.53 Å². The van der Waals surface area contributed by atoms with E-state index in [1.165, 1.54) is 24.3 Å². The molecule has 5 nitrogen and oxygen atoms in total. The number of phenolic OH excluding ortho intramolecular Hbond substituents is 1. The molecule has 2 rings (SSSR count). The van der Waals surface area contributed by atoms with Crippen LogP contribution in [0.1, 0.15) is 50.4 Å². The van der Waals surface area contributed by atoms with Crippen molar-refractivity contribution in [2.45, 2.75) is 58.2 Å². The third kappa shape index (κ3) is 3.59. The maximum atomic E-state index is 12.5. The van der Waals surface area contributed by atoms with Crippen molar-refractivity contribution >= 4 is 11.9 Å². The van der Waals surface area contributed by atoms with Gasteiger partial charge in [0.05, 0.1) is 5.56 Å². The molecule has 5 heteroatoms. The van der Waals surface area contributed by atoms with Gasteiger partial charge in [-0.05, 0) is 64.3 Å². The van der Waals surface area contributed by atoms with Gasteiger partial charge in [0.1, 0.15) is 5.75 Å². The molecule has 0 aromatic heterocycles. The maximum absolute atomic E-state index is 12.5. The number of hydrogen-bond donors (Lipinski definition) is 1. The lowest BCUT2D eigenvalue weighted by Crippen LogP contribution is -2.51. The summed E-state index contributed by atoms with van der Waals surface area (Å²) in [5, 5.41) is 9.22. The van der Waals surface area contributed by atoms with Crippen molar-refractivity contribution < 1.29 is 19.4 Å². The average molecular weight is 305 g/mol. The molecule has 0 radical (unpaired) electrons. The van der Waals surface area contributed by atoms with Gasteiger partial charge in [-0.25, -0.2) is 4.79 Å². The second kappa shape index (κ2) is 6.81. The van der Waals surface area contributed by atoms with E-state index in [0.717, 1.165) is 19.3 Å². The molecule has 1 N–H and O–H groups in total. The van der Waals surface area contributed by atoms with E-state index in [-0.39, 0.29) is 23.7 Å². The van der Waals surface area contributed by atoms with Gasteiger partial charge in [0.2, 0.25) is 0 Å². The van der Waals surface area contributed by atoms with Crippen LogP contribution in [0.5, 0.6) is 5.75 Å². The summed E-state index contributed by atoms with van der Waals surface area (Å²) in [5.41, 5.74) is 0.317. The minimum absolute atomic E-state index is 0.0802. The number of benzene rings is 1. The van der Waals surface area contributed by atoms with Gasteiger partial charge in [-0.15, -0.1) is 0 Å². The molecule has 1 aliphatic rings. The number of likely N-dealkylation sites (tertiary alicyclic amines) is 1. The first kappa shape index (κ1) is 16.3. The molecule has 120 valence electrons. The van der Waals surface area contributed by atoms with E-state index in [9.17, 15) is 14.7 Å². The number of amides is 1. The van der Waals surface area contributed by atoms with Gasteiger partial charge in [-0.1, -0.05) is 0 Å². The molecule has 1 aromatic carbocycles. The fourth-order valence-electron chi connectivity index (χ4n) is 2.94. The van der Waals surface area contributed by atoms with E-state index in [4.69, 9.17) is 4.74 Å². The number of phenols is 1. The molecule has 3 atom stereocenters.